The summed E-state index contributed by atoms with van der Waals surface area (Å²) >= 11 is 3.51. The van der Waals surface area contributed by atoms with Crippen molar-refractivity contribution in [2.75, 3.05) is 13.6 Å². The Kier molecular flexibility index (Phi) is 3.76. The molecular weight excluding hydrogens is 306 g/mol. The number of hydrogen-bond donors (Lipinski definition) is 1. The number of carbonyl (C=O) groups is 1. The number of nitrogens with zero attached hydrogens (tertiary/aromatic N) is 1. The van der Waals surface area contributed by atoms with E-state index in [0.29, 0.717) is 12.8 Å². The molecule has 0 aromatic heterocycles. The lowest BCUT2D eigenvalue weighted by Gasteiger charge is -2.48. The second-order valence-corrected chi connectivity index (χ2v) is 6.88. The molecule has 1 N–H and O–H groups in total. The molecule has 0 radical (unpaired) electrons. The van der Waals surface area contributed by atoms with Gasteiger partial charge in [0.05, 0.1) is 5.41 Å². The lowest BCUT2D eigenvalue weighted by molar-refractivity contribution is -0.148. The summed E-state index contributed by atoms with van der Waals surface area (Å²) in [5.74, 6) is -0.722. The van der Waals surface area contributed by atoms with Crippen molar-refractivity contribution in [2.24, 2.45) is 0 Å². The van der Waals surface area contributed by atoms with Crippen LogP contribution in [0.3, 0.4) is 0 Å². The summed E-state index contributed by atoms with van der Waals surface area (Å²) in [7, 11) is 2.06. The predicted molar refractivity (Wildman–Crippen MR) is 79.4 cm³/mol. The summed E-state index contributed by atoms with van der Waals surface area (Å²) in [6.07, 6.45) is 1.26. The van der Waals surface area contributed by atoms with Crippen LogP contribution in [0.25, 0.3) is 0 Å². The van der Waals surface area contributed by atoms with Crippen LogP contribution in [0.5, 0.6) is 0 Å². The lowest BCUT2D eigenvalue weighted by Crippen LogP contribution is -2.56. The van der Waals surface area contributed by atoms with Crippen molar-refractivity contribution in [3.05, 3.63) is 34.3 Å². The van der Waals surface area contributed by atoms with Crippen LogP contribution < -0.4 is 0 Å². The van der Waals surface area contributed by atoms with Gasteiger partial charge >= 0.3 is 5.97 Å². The number of rotatable bonds is 2. The highest BCUT2D eigenvalue weighted by Gasteiger charge is 2.49. The normalized spacial score (nSPS) is 27.2. The maximum atomic E-state index is 12.0. The van der Waals surface area contributed by atoms with Gasteiger partial charge < -0.3 is 10.0 Å². The Bertz CT molecular complexity index is 501. The first-order valence-corrected chi connectivity index (χ1v) is 7.28. The van der Waals surface area contributed by atoms with Gasteiger partial charge in [-0.2, -0.15) is 0 Å². The van der Waals surface area contributed by atoms with E-state index in [1.165, 1.54) is 0 Å². The minimum Gasteiger partial charge on any atom is -0.481 e. The van der Waals surface area contributed by atoms with Gasteiger partial charge in [0.2, 0.25) is 0 Å². The van der Waals surface area contributed by atoms with Crippen LogP contribution in [0.2, 0.25) is 0 Å². The molecule has 4 heteroatoms. The van der Waals surface area contributed by atoms with E-state index in [2.05, 4.69) is 41.7 Å². The highest BCUT2D eigenvalue weighted by Crippen LogP contribution is 2.44. The number of benzene rings is 1. The fraction of sp³-hybridized carbons (Fsp3) is 0.533. The molecule has 0 saturated carbocycles. The molecule has 1 aromatic rings. The van der Waals surface area contributed by atoms with E-state index in [9.17, 15) is 9.90 Å². The largest absolute Gasteiger partial charge is 0.481 e. The summed E-state index contributed by atoms with van der Waals surface area (Å²) in [5.41, 5.74) is -0.0224. The maximum absolute atomic E-state index is 12.0. The zero-order chi connectivity index (χ0) is 14.3. The van der Waals surface area contributed by atoms with E-state index >= 15 is 0 Å². The van der Waals surface area contributed by atoms with E-state index in [1.807, 2.05) is 24.3 Å². The topological polar surface area (TPSA) is 40.5 Å². The standard InChI is InChI=1S/C15H20BrNO2/c1-14(2)10-15(13(18)19,8-9-17(14)3)11-6-4-5-7-12(11)16/h4-7H,8-10H2,1-3H3,(H,18,19). The molecule has 0 bridgehead atoms. The smallest absolute Gasteiger partial charge is 0.314 e. The molecule has 19 heavy (non-hydrogen) atoms. The maximum Gasteiger partial charge on any atom is 0.314 e. The Morgan fingerprint density at radius 3 is 2.53 bits per heavy atom. The molecule has 2 rings (SSSR count). The third-order valence-corrected chi connectivity index (χ3v) is 5.13. The summed E-state index contributed by atoms with van der Waals surface area (Å²) in [6, 6.07) is 7.68. The van der Waals surface area contributed by atoms with Crippen molar-refractivity contribution in [2.45, 2.75) is 37.6 Å². The average molecular weight is 326 g/mol. The van der Waals surface area contributed by atoms with Gasteiger partial charge in [-0.1, -0.05) is 34.1 Å². The van der Waals surface area contributed by atoms with Gasteiger partial charge in [0.1, 0.15) is 0 Å². The van der Waals surface area contributed by atoms with Crippen molar-refractivity contribution in [1.29, 1.82) is 0 Å². The minimum atomic E-state index is -0.796. The molecule has 3 nitrogen and oxygen atoms in total. The fourth-order valence-corrected chi connectivity index (χ4v) is 3.66. The van der Waals surface area contributed by atoms with Crippen LogP contribution in [0.4, 0.5) is 0 Å². The SMILES string of the molecule is CN1CCC(C(=O)O)(c2ccccc2Br)CC1(C)C. The first-order valence-electron chi connectivity index (χ1n) is 6.49. The Morgan fingerprint density at radius 1 is 1.37 bits per heavy atom. The third-order valence-electron chi connectivity index (χ3n) is 4.44. The minimum absolute atomic E-state index is 0.119. The fourth-order valence-electron chi connectivity index (χ4n) is 3.00. The number of aliphatic carboxylic acids is 1. The van der Waals surface area contributed by atoms with E-state index in [4.69, 9.17) is 0 Å². The Balaban J connectivity index is 2.52. The number of carboxylic acids is 1. The Morgan fingerprint density at radius 2 is 2.00 bits per heavy atom. The van der Waals surface area contributed by atoms with Gasteiger partial charge in [0, 0.05) is 10.0 Å². The molecule has 104 valence electrons. The molecule has 1 saturated heterocycles. The second-order valence-electron chi connectivity index (χ2n) is 6.03. The van der Waals surface area contributed by atoms with Crippen LogP contribution in [0, 0.1) is 0 Å². The van der Waals surface area contributed by atoms with E-state index in [0.717, 1.165) is 16.6 Å². The summed E-state index contributed by atoms with van der Waals surface area (Å²) < 4.78 is 0.887. The van der Waals surface area contributed by atoms with Gasteiger partial charge in [-0.25, -0.2) is 0 Å². The van der Waals surface area contributed by atoms with Gasteiger partial charge in [0.15, 0.2) is 0 Å². The summed E-state index contributed by atoms with van der Waals surface area (Å²) in [5, 5.41) is 9.85. The molecule has 1 aromatic carbocycles. The van der Waals surface area contributed by atoms with E-state index in [-0.39, 0.29) is 5.54 Å². The van der Waals surface area contributed by atoms with Gasteiger partial charge in [-0.05, 0) is 51.9 Å². The quantitative estimate of drug-likeness (QED) is 0.907. The van der Waals surface area contributed by atoms with E-state index in [1.54, 1.807) is 0 Å². The molecule has 0 aliphatic carbocycles. The first kappa shape index (κ1) is 14.5. The molecule has 1 fully saturated rings. The first-order chi connectivity index (χ1) is 8.79. The van der Waals surface area contributed by atoms with Crippen LogP contribution in [-0.2, 0) is 10.2 Å². The molecular formula is C15H20BrNO2. The van der Waals surface area contributed by atoms with Crippen LogP contribution in [0.1, 0.15) is 32.3 Å². The monoisotopic (exact) mass is 325 g/mol. The number of halogens is 1. The molecule has 1 unspecified atom stereocenters. The van der Waals surface area contributed by atoms with Crippen molar-refractivity contribution >= 4 is 21.9 Å². The second kappa shape index (κ2) is 4.91. The lowest BCUT2D eigenvalue weighted by atomic mass is 9.67. The molecule has 1 heterocycles. The number of carboxylic acid groups (broad SMARTS) is 1. The van der Waals surface area contributed by atoms with Crippen LogP contribution in [-0.4, -0.2) is 35.1 Å². The van der Waals surface area contributed by atoms with Crippen molar-refractivity contribution in [3.8, 4) is 0 Å². The van der Waals surface area contributed by atoms with Gasteiger partial charge in [-0.3, -0.25) is 4.79 Å². The molecule has 1 aliphatic rings. The number of piperidine rings is 1. The molecule has 0 spiro atoms. The zero-order valence-corrected chi connectivity index (χ0v) is 13.2. The van der Waals surface area contributed by atoms with Crippen LogP contribution in [0.15, 0.2) is 28.7 Å². The van der Waals surface area contributed by atoms with Crippen molar-refractivity contribution < 1.29 is 9.90 Å². The Hall–Kier alpha value is -0.870. The van der Waals surface area contributed by atoms with Gasteiger partial charge in [-0.15, -0.1) is 0 Å². The summed E-state index contributed by atoms with van der Waals surface area (Å²) in [6.45, 7) is 5.02. The van der Waals surface area contributed by atoms with Gasteiger partial charge in [0.25, 0.3) is 0 Å². The molecule has 0 amide bonds. The summed E-state index contributed by atoms with van der Waals surface area (Å²) in [4.78, 5) is 14.2. The number of likely N-dealkylation sites (tertiary alicyclic amines) is 1. The highest BCUT2D eigenvalue weighted by molar-refractivity contribution is 9.10. The third kappa shape index (κ3) is 2.43. The van der Waals surface area contributed by atoms with E-state index < -0.39 is 11.4 Å². The Labute approximate surface area is 122 Å². The van der Waals surface area contributed by atoms with Crippen molar-refractivity contribution in [3.63, 3.8) is 0 Å². The predicted octanol–water partition coefficient (Wildman–Crippen LogP) is 3.28. The van der Waals surface area contributed by atoms with Crippen LogP contribution >= 0.6 is 15.9 Å². The molecule has 1 atom stereocenters. The highest BCUT2D eigenvalue weighted by atomic mass is 79.9. The average Bonchev–Trinajstić information content (AvgIpc) is 2.33. The molecule has 1 aliphatic heterocycles. The van der Waals surface area contributed by atoms with Crippen molar-refractivity contribution in [1.82, 2.24) is 4.90 Å². The zero-order valence-electron chi connectivity index (χ0n) is 11.6. The number of hydrogen-bond acceptors (Lipinski definition) is 2.